The highest BCUT2D eigenvalue weighted by molar-refractivity contribution is 6.39. The molecule has 1 unspecified atom stereocenters. The number of cyclic esters (lactones) is 1. The zero-order valence-corrected chi connectivity index (χ0v) is 50.0. The normalized spacial score (nSPS) is 36.5. The van der Waals surface area contributed by atoms with Crippen LogP contribution in [0.2, 0.25) is 0 Å². The van der Waals surface area contributed by atoms with E-state index >= 15 is 0 Å². The highest BCUT2D eigenvalue weighted by Crippen LogP contribution is 2.39. The molecule has 79 heavy (non-hydrogen) atoms. The van der Waals surface area contributed by atoms with Gasteiger partial charge >= 0.3 is 5.97 Å². The molecular formula is C62H99NO16. The molecule has 448 valence electrons. The van der Waals surface area contributed by atoms with Crippen molar-refractivity contribution in [2.45, 2.75) is 193 Å². The number of methoxy groups -OCH3 is 4. The predicted octanol–water partition coefficient (Wildman–Crippen LogP) is 8.38. The first kappa shape index (κ1) is 66.3. The molecule has 5 rings (SSSR count). The van der Waals surface area contributed by atoms with Crippen molar-refractivity contribution in [2.75, 3.05) is 87.8 Å². The fraction of sp³-hybridized carbons (Fsp3) is 0.790. The number of Topliss-reactive ketones (excluding diaryl/α,β-unsaturated/α-hetero) is 3. The smallest absolute Gasteiger partial charge is 0.329 e. The Kier molecular flexibility index (Phi) is 28.2. The standard InChI is InChI=1S/C62H99NO16/c1-40-18-14-13-15-19-41(2)53(77-31-28-73-27-30-75-49-38-74-39-49)36-48-23-21-46(7)62(8,79-48)59(66)60(67)63-25-17-16-20-50(63)61(68)78-54(43(4)34-47-22-24-52(55(35-47)70-10)76-29-26-69-9)37-51(64)42(3)33-45(6)57(71-11)58(72-12)56(65)44(5)32-40/h13-15,18-19,33,40,42-44,46-50,52-55,57-58H,16-17,20-32,34-39H2,1-12H3/b15-13+,18-14+,41-19+,45-33+/t40-,42-,43-,44-,46-,47+,48+,50+,52-,53?,54+,55-,57-,58+,62-/m1/s1. The van der Waals surface area contributed by atoms with Gasteiger partial charge in [-0.25, -0.2) is 4.79 Å². The number of carbonyl (C=O) groups excluding carboxylic acids is 5. The van der Waals surface area contributed by atoms with Crippen LogP contribution in [0.3, 0.4) is 0 Å². The molecule has 4 aliphatic heterocycles. The largest absolute Gasteiger partial charge is 0.460 e. The Balaban J connectivity index is 1.44. The number of rotatable bonds is 18. The van der Waals surface area contributed by atoms with Crippen molar-refractivity contribution in [2.24, 2.45) is 35.5 Å². The van der Waals surface area contributed by atoms with Crippen molar-refractivity contribution < 1.29 is 76.1 Å². The number of ether oxygens (including phenoxy) is 11. The van der Waals surface area contributed by atoms with Crippen molar-refractivity contribution >= 4 is 29.2 Å². The van der Waals surface area contributed by atoms with Crippen LogP contribution in [0.25, 0.3) is 0 Å². The molecule has 3 saturated heterocycles. The predicted molar refractivity (Wildman–Crippen MR) is 299 cm³/mol. The van der Waals surface area contributed by atoms with E-state index in [1.807, 2.05) is 65.0 Å². The summed E-state index contributed by atoms with van der Waals surface area (Å²) in [6.45, 7) is 19.2. The Morgan fingerprint density at radius 3 is 2.14 bits per heavy atom. The Morgan fingerprint density at radius 2 is 1.46 bits per heavy atom. The first-order valence-corrected chi connectivity index (χ1v) is 29.4. The van der Waals surface area contributed by atoms with Gasteiger partial charge in [0.05, 0.1) is 77.3 Å². The van der Waals surface area contributed by atoms with Gasteiger partial charge in [-0.2, -0.15) is 0 Å². The number of ketones is 3. The quantitative estimate of drug-likeness (QED) is 0.0550. The van der Waals surface area contributed by atoms with E-state index in [1.165, 1.54) is 19.1 Å². The summed E-state index contributed by atoms with van der Waals surface area (Å²) in [6.07, 6.45) is 15.1. The summed E-state index contributed by atoms with van der Waals surface area (Å²) in [5.41, 5.74) is 0.131. The van der Waals surface area contributed by atoms with Crippen LogP contribution in [0.4, 0.5) is 0 Å². The molecule has 5 aliphatic rings. The Labute approximate surface area is 472 Å². The Hall–Kier alpha value is -3.49. The number of fused-ring (bicyclic) bond motifs is 3. The molecule has 1 amide bonds. The van der Waals surface area contributed by atoms with Gasteiger partial charge in [0.15, 0.2) is 5.78 Å². The fourth-order valence-corrected chi connectivity index (χ4v) is 12.0. The minimum Gasteiger partial charge on any atom is -0.460 e. The van der Waals surface area contributed by atoms with E-state index in [1.54, 1.807) is 28.1 Å². The number of hydrogen-bond acceptors (Lipinski definition) is 16. The maximum absolute atomic E-state index is 14.8. The molecule has 4 heterocycles. The molecule has 1 saturated carbocycles. The Morgan fingerprint density at radius 1 is 0.734 bits per heavy atom. The molecule has 17 nitrogen and oxygen atoms in total. The van der Waals surface area contributed by atoms with Crippen LogP contribution >= 0.6 is 0 Å². The number of nitrogens with zero attached hydrogens (tertiary/aromatic N) is 1. The van der Waals surface area contributed by atoms with E-state index in [4.69, 9.17) is 52.1 Å². The monoisotopic (exact) mass is 1110 g/mol. The lowest BCUT2D eigenvalue weighted by Gasteiger charge is -2.44. The van der Waals surface area contributed by atoms with Crippen LogP contribution in [0.15, 0.2) is 47.6 Å². The first-order valence-electron chi connectivity index (χ1n) is 29.4. The van der Waals surface area contributed by atoms with E-state index in [2.05, 4.69) is 13.0 Å². The zero-order chi connectivity index (χ0) is 57.6. The third kappa shape index (κ3) is 19.6. The van der Waals surface area contributed by atoms with Gasteiger partial charge in [0, 0.05) is 59.7 Å². The zero-order valence-electron chi connectivity index (χ0n) is 50.0. The maximum Gasteiger partial charge on any atom is 0.329 e. The summed E-state index contributed by atoms with van der Waals surface area (Å²) >= 11 is 0. The molecule has 17 heteroatoms. The van der Waals surface area contributed by atoms with Crippen molar-refractivity contribution in [3.63, 3.8) is 0 Å². The second-order valence-corrected chi connectivity index (χ2v) is 23.3. The maximum atomic E-state index is 14.8. The summed E-state index contributed by atoms with van der Waals surface area (Å²) in [5.74, 6) is -3.71. The van der Waals surface area contributed by atoms with Gasteiger partial charge in [-0.05, 0) is 120 Å². The summed E-state index contributed by atoms with van der Waals surface area (Å²) in [4.78, 5) is 74.3. The van der Waals surface area contributed by atoms with E-state index in [-0.39, 0.29) is 72.4 Å². The summed E-state index contributed by atoms with van der Waals surface area (Å²) in [5, 5.41) is 0. The summed E-state index contributed by atoms with van der Waals surface area (Å²) < 4.78 is 65.6. The molecular weight excluding hydrogens is 1010 g/mol. The van der Waals surface area contributed by atoms with Gasteiger partial charge in [0.1, 0.15) is 41.8 Å². The molecule has 4 fully saturated rings. The first-order chi connectivity index (χ1) is 37.8. The van der Waals surface area contributed by atoms with Gasteiger partial charge in [0.2, 0.25) is 0 Å². The molecule has 0 spiro atoms. The second-order valence-electron chi connectivity index (χ2n) is 23.3. The third-order valence-corrected chi connectivity index (χ3v) is 17.2. The minimum absolute atomic E-state index is 0.0532. The number of esters is 1. The molecule has 1 aliphatic carbocycles. The van der Waals surface area contributed by atoms with Crippen molar-refractivity contribution in [3.05, 3.63) is 47.6 Å². The number of hydrogen-bond donors (Lipinski definition) is 0. The molecule has 0 radical (unpaired) electrons. The minimum atomic E-state index is -1.47. The topological polar surface area (TPSA) is 190 Å². The van der Waals surface area contributed by atoms with E-state index < -0.39 is 65.7 Å². The number of amides is 1. The van der Waals surface area contributed by atoms with Crippen molar-refractivity contribution in [1.82, 2.24) is 4.90 Å². The Bertz CT molecular complexity index is 2050. The SMILES string of the molecule is COCCO[C@@H]1CC[C@@H](C[C@@H](C)[C@@H]2CC(=O)[C@H](C)/C=C(\C)[C@@H](OC)[C@@H](OC)C(=O)[C@H](C)C[C@H](C)/C=C/C=C/C=C(\C)C(OCCOCCOC3COC3)C[C@@H]3CC[C@@H](C)[C@@](C)(O3)C(=O)C(=O)N3CCCC[C@H]3C(=O)O2)C[C@H]1OC. The van der Waals surface area contributed by atoms with Crippen LogP contribution in [0, 0.1) is 35.5 Å². The van der Waals surface area contributed by atoms with Crippen LogP contribution in [0.5, 0.6) is 0 Å². The fourth-order valence-electron chi connectivity index (χ4n) is 12.0. The number of piperidine rings is 1. The van der Waals surface area contributed by atoms with Crippen LogP contribution in [-0.4, -0.2) is 182 Å². The second kappa shape index (κ2) is 33.6. The van der Waals surface area contributed by atoms with Gasteiger partial charge < -0.3 is 57.0 Å². The summed E-state index contributed by atoms with van der Waals surface area (Å²) in [7, 11) is 6.36. The molecule has 15 atom stereocenters. The lowest BCUT2D eigenvalue weighted by molar-refractivity contribution is -0.185. The highest BCUT2D eigenvalue weighted by Gasteiger charge is 2.51. The van der Waals surface area contributed by atoms with Crippen molar-refractivity contribution in [3.8, 4) is 0 Å². The lowest BCUT2D eigenvalue weighted by Crippen LogP contribution is -2.59. The number of carbonyl (C=O) groups is 5. The average Bonchev–Trinajstić information content (AvgIpc) is 3.49. The van der Waals surface area contributed by atoms with Crippen LogP contribution < -0.4 is 0 Å². The van der Waals surface area contributed by atoms with E-state index in [0.717, 1.165) is 24.8 Å². The molecule has 0 N–H and O–H groups in total. The highest BCUT2D eigenvalue weighted by atomic mass is 16.6. The van der Waals surface area contributed by atoms with Crippen LogP contribution in [-0.2, 0) is 76.1 Å². The number of allylic oxidation sites excluding steroid dienone is 6. The molecule has 0 aromatic carbocycles. The van der Waals surface area contributed by atoms with Gasteiger partial charge in [0.25, 0.3) is 11.7 Å². The van der Waals surface area contributed by atoms with Gasteiger partial charge in [-0.1, -0.05) is 71.1 Å². The van der Waals surface area contributed by atoms with Gasteiger partial charge in [-0.15, -0.1) is 0 Å². The lowest BCUT2D eigenvalue weighted by atomic mass is 9.78. The van der Waals surface area contributed by atoms with E-state index in [0.29, 0.717) is 110 Å². The molecule has 0 aromatic rings. The third-order valence-electron chi connectivity index (χ3n) is 17.2. The van der Waals surface area contributed by atoms with Crippen LogP contribution in [0.1, 0.15) is 132 Å². The van der Waals surface area contributed by atoms with Gasteiger partial charge in [-0.3, -0.25) is 19.2 Å². The molecule has 0 aromatic heterocycles. The summed E-state index contributed by atoms with van der Waals surface area (Å²) in [6, 6.07) is -1.03. The molecule has 2 bridgehead atoms. The average molecular weight is 1110 g/mol. The van der Waals surface area contributed by atoms with Crippen molar-refractivity contribution in [1.29, 1.82) is 0 Å². The van der Waals surface area contributed by atoms with E-state index in [9.17, 15) is 24.0 Å².